The summed E-state index contributed by atoms with van der Waals surface area (Å²) in [6, 6.07) is 0. The molecule has 0 bridgehead atoms. The predicted molar refractivity (Wildman–Crippen MR) is 71.1 cm³/mol. The molecule has 3 heterocycles. The molecule has 3 rings (SSSR count). The minimum atomic E-state index is 0.676. The molecule has 1 aromatic heterocycles. The van der Waals surface area contributed by atoms with Gasteiger partial charge >= 0.3 is 0 Å². The Hall–Kier alpha value is -1.92. The molecule has 0 saturated carbocycles. The summed E-state index contributed by atoms with van der Waals surface area (Å²) in [7, 11) is 0. The average molecular weight is 262 g/mol. The van der Waals surface area contributed by atoms with Gasteiger partial charge in [0.2, 0.25) is 12.4 Å². The number of hydrogen-bond acceptors (Lipinski definition) is 6. The summed E-state index contributed by atoms with van der Waals surface area (Å²) in [5.74, 6) is 1.59. The first-order valence-corrected chi connectivity index (χ1v) is 6.76. The standard InChI is InChI=1S/C12H18N6O/c19-10-16-5-7-18(8-6-16)12-14-11(9-13-15-12)17-3-1-2-4-17/h9-10H,1-8H2. The van der Waals surface area contributed by atoms with Crippen molar-refractivity contribution in [1.29, 1.82) is 0 Å². The van der Waals surface area contributed by atoms with E-state index in [1.54, 1.807) is 11.1 Å². The van der Waals surface area contributed by atoms with Gasteiger partial charge in [0.05, 0.1) is 6.20 Å². The molecule has 0 atom stereocenters. The number of anilines is 2. The van der Waals surface area contributed by atoms with Gasteiger partial charge in [-0.2, -0.15) is 10.1 Å². The molecular weight excluding hydrogens is 244 g/mol. The third-order valence-corrected chi connectivity index (χ3v) is 3.71. The maximum Gasteiger partial charge on any atom is 0.247 e. The predicted octanol–water partition coefficient (Wildman–Crippen LogP) is -0.250. The third kappa shape index (κ3) is 2.59. The normalized spacial score (nSPS) is 19.9. The van der Waals surface area contributed by atoms with Gasteiger partial charge in [-0.15, -0.1) is 5.10 Å². The van der Waals surface area contributed by atoms with Crippen LogP contribution in [0.4, 0.5) is 11.8 Å². The molecule has 7 nitrogen and oxygen atoms in total. The molecular formula is C12H18N6O. The van der Waals surface area contributed by atoms with Gasteiger partial charge in [-0.1, -0.05) is 0 Å². The quantitative estimate of drug-likeness (QED) is 0.700. The van der Waals surface area contributed by atoms with Crippen LogP contribution < -0.4 is 9.80 Å². The molecule has 2 aliphatic rings. The summed E-state index contributed by atoms with van der Waals surface area (Å²) >= 11 is 0. The van der Waals surface area contributed by atoms with Crippen LogP contribution in [0.2, 0.25) is 0 Å². The van der Waals surface area contributed by atoms with Crippen LogP contribution in [-0.2, 0) is 4.79 Å². The Morgan fingerprint density at radius 3 is 2.42 bits per heavy atom. The van der Waals surface area contributed by atoms with E-state index < -0.39 is 0 Å². The van der Waals surface area contributed by atoms with Crippen LogP contribution in [0.15, 0.2) is 6.20 Å². The molecule has 1 aromatic rings. The van der Waals surface area contributed by atoms with Crippen LogP contribution in [0.3, 0.4) is 0 Å². The van der Waals surface area contributed by atoms with Crippen molar-refractivity contribution in [3.8, 4) is 0 Å². The SMILES string of the molecule is O=CN1CCN(c2nncc(N3CCCC3)n2)CC1. The van der Waals surface area contributed by atoms with Gasteiger partial charge in [-0.25, -0.2) is 0 Å². The molecule has 0 N–H and O–H groups in total. The van der Waals surface area contributed by atoms with E-state index in [2.05, 4.69) is 25.0 Å². The van der Waals surface area contributed by atoms with Gasteiger partial charge in [0, 0.05) is 39.3 Å². The second-order valence-corrected chi connectivity index (χ2v) is 4.94. The highest BCUT2D eigenvalue weighted by Crippen LogP contribution is 2.19. The lowest BCUT2D eigenvalue weighted by molar-refractivity contribution is -0.118. The van der Waals surface area contributed by atoms with Crippen molar-refractivity contribution in [3.05, 3.63) is 6.20 Å². The number of piperazine rings is 1. The molecule has 2 fully saturated rings. The summed E-state index contributed by atoms with van der Waals surface area (Å²) < 4.78 is 0. The van der Waals surface area contributed by atoms with E-state index in [1.807, 2.05) is 0 Å². The van der Waals surface area contributed by atoms with Crippen LogP contribution in [0.5, 0.6) is 0 Å². The summed E-state index contributed by atoms with van der Waals surface area (Å²) in [5.41, 5.74) is 0. The summed E-state index contributed by atoms with van der Waals surface area (Å²) in [6.07, 6.45) is 5.07. The van der Waals surface area contributed by atoms with Crippen molar-refractivity contribution in [2.75, 3.05) is 49.1 Å². The Bertz CT molecular complexity index is 440. The lowest BCUT2D eigenvalue weighted by atomic mass is 10.3. The molecule has 0 radical (unpaired) electrons. The van der Waals surface area contributed by atoms with Crippen LogP contribution in [-0.4, -0.2) is 65.8 Å². The summed E-state index contributed by atoms with van der Waals surface area (Å²) in [6.45, 7) is 5.09. The fraction of sp³-hybridized carbons (Fsp3) is 0.667. The number of carbonyl (C=O) groups is 1. The minimum absolute atomic E-state index is 0.676. The number of aromatic nitrogens is 3. The Morgan fingerprint density at radius 1 is 1.00 bits per heavy atom. The van der Waals surface area contributed by atoms with E-state index >= 15 is 0 Å². The van der Waals surface area contributed by atoms with Crippen molar-refractivity contribution in [2.45, 2.75) is 12.8 Å². The third-order valence-electron chi connectivity index (χ3n) is 3.71. The first kappa shape index (κ1) is 12.1. The highest BCUT2D eigenvalue weighted by atomic mass is 16.1. The fourth-order valence-corrected chi connectivity index (χ4v) is 2.55. The van der Waals surface area contributed by atoms with E-state index in [-0.39, 0.29) is 0 Å². The number of amides is 1. The molecule has 102 valence electrons. The molecule has 0 spiro atoms. The van der Waals surface area contributed by atoms with Crippen molar-refractivity contribution in [3.63, 3.8) is 0 Å². The number of hydrogen-bond donors (Lipinski definition) is 0. The molecule has 0 aliphatic carbocycles. The van der Waals surface area contributed by atoms with Crippen molar-refractivity contribution >= 4 is 18.2 Å². The van der Waals surface area contributed by atoms with Gasteiger partial charge in [0.1, 0.15) is 0 Å². The molecule has 0 aromatic carbocycles. The second kappa shape index (κ2) is 5.38. The topological polar surface area (TPSA) is 65.5 Å². The van der Waals surface area contributed by atoms with Gasteiger partial charge in [0.25, 0.3) is 0 Å². The zero-order valence-electron chi connectivity index (χ0n) is 10.9. The van der Waals surface area contributed by atoms with Crippen LogP contribution in [0, 0.1) is 0 Å². The van der Waals surface area contributed by atoms with E-state index in [1.165, 1.54) is 12.8 Å². The molecule has 0 unspecified atom stereocenters. The van der Waals surface area contributed by atoms with Gasteiger partial charge in [0.15, 0.2) is 5.82 Å². The number of nitrogens with zero attached hydrogens (tertiary/aromatic N) is 6. The van der Waals surface area contributed by atoms with E-state index in [0.29, 0.717) is 5.95 Å². The number of carbonyl (C=O) groups excluding carboxylic acids is 1. The Balaban J connectivity index is 1.70. The molecule has 7 heteroatoms. The van der Waals surface area contributed by atoms with Crippen molar-refractivity contribution in [2.24, 2.45) is 0 Å². The zero-order chi connectivity index (χ0) is 13.1. The molecule has 1 amide bonds. The molecule has 2 saturated heterocycles. The van der Waals surface area contributed by atoms with E-state index in [9.17, 15) is 4.79 Å². The maximum absolute atomic E-state index is 10.7. The highest BCUT2D eigenvalue weighted by molar-refractivity contribution is 5.49. The lowest BCUT2D eigenvalue weighted by Crippen LogP contribution is -2.46. The first-order chi connectivity index (χ1) is 9.36. The first-order valence-electron chi connectivity index (χ1n) is 6.76. The zero-order valence-corrected chi connectivity index (χ0v) is 10.9. The molecule has 19 heavy (non-hydrogen) atoms. The Morgan fingerprint density at radius 2 is 1.74 bits per heavy atom. The fourth-order valence-electron chi connectivity index (χ4n) is 2.55. The Labute approximate surface area is 112 Å². The second-order valence-electron chi connectivity index (χ2n) is 4.94. The van der Waals surface area contributed by atoms with Crippen LogP contribution >= 0.6 is 0 Å². The van der Waals surface area contributed by atoms with Gasteiger partial charge < -0.3 is 14.7 Å². The number of rotatable bonds is 3. The van der Waals surface area contributed by atoms with Crippen molar-refractivity contribution < 1.29 is 4.79 Å². The Kier molecular flexibility index (Phi) is 3.43. The lowest BCUT2D eigenvalue weighted by Gasteiger charge is -2.32. The smallest absolute Gasteiger partial charge is 0.247 e. The van der Waals surface area contributed by atoms with E-state index in [0.717, 1.165) is 51.5 Å². The van der Waals surface area contributed by atoms with Crippen molar-refractivity contribution in [1.82, 2.24) is 20.1 Å². The van der Waals surface area contributed by atoms with Gasteiger partial charge in [-0.3, -0.25) is 4.79 Å². The van der Waals surface area contributed by atoms with Crippen LogP contribution in [0.25, 0.3) is 0 Å². The average Bonchev–Trinajstić information content (AvgIpc) is 3.02. The van der Waals surface area contributed by atoms with Crippen LogP contribution in [0.1, 0.15) is 12.8 Å². The summed E-state index contributed by atoms with van der Waals surface area (Å²) in [4.78, 5) is 21.4. The minimum Gasteiger partial charge on any atom is -0.355 e. The molecule has 2 aliphatic heterocycles. The highest BCUT2D eigenvalue weighted by Gasteiger charge is 2.20. The summed E-state index contributed by atoms with van der Waals surface area (Å²) in [5, 5.41) is 8.18. The monoisotopic (exact) mass is 262 g/mol. The van der Waals surface area contributed by atoms with E-state index in [4.69, 9.17) is 0 Å². The van der Waals surface area contributed by atoms with Gasteiger partial charge in [-0.05, 0) is 12.8 Å². The maximum atomic E-state index is 10.7. The largest absolute Gasteiger partial charge is 0.355 e.